The third-order valence-corrected chi connectivity index (χ3v) is 8.66. The molecular weight excluding hydrogens is 587 g/mol. The van der Waals surface area contributed by atoms with E-state index in [4.69, 9.17) is 14.7 Å². The van der Waals surface area contributed by atoms with Crippen molar-refractivity contribution in [3.8, 4) is 17.2 Å². The SMILES string of the molecule is N#Cc1ccc(NC(=O)OCC2CCN(C(=O)CCN3CCC(OC(=O)Cc4ccccc4-c4ccccc4)CC3)CC2)cc1F. The van der Waals surface area contributed by atoms with Crippen LogP contribution in [0.3, 0.4) is 0 Å². The minimum absolute atomic E-state index is 0.0969. The Morgan fingerprint density at radius 1 is 0.913 bits per heavy atom. The van der Waals surface area contributed by atoms with Gasteiger partial charge in [-0.15, -0.1) is 0 Å². The Bertz CT molecular complexity index is 1540. The van der Waals surface area contributed by atoms with E-state index in [2.05, 4.69) is 10.2 Å². The Labute approximate surface area is 268 Å². The molecule has 5 rings (SSSR count). The van der Waals surface area contributed by atoms with Crippen molar-refractivity contribution in [3.63, 3.8) is 0 Å². The molecule has 0 spiro atoms. The number of nitrogens with zero attached hydrogens (tertiary/aromatic N) is 3. The van der Waals surface area contributed by atoms with Crippen molar-refractivity contribution in [1.29, 1.82) is 5.26 Å². The van der Waals surface area contributed by atoms with Crippen molar-refractivity contribution in [2.24, 2.45) is 5.92 Å². The maximum absolute atomic E-state index is 13.7. The number of esters is 1. The molecule has 2 amide bonds. The lowest BCUT2D eigenvalue weighted by Crippen LogP contribution is -2.43. The van der Waals surface area contributed by atoms with E-state index in [1.165, 1.54) is 12.1 Å². The second-order valence-electron chi connectivity index (χ2n) is 11.8. The molecule has 0 unspecified atom stereocenters. The molecule has 2 aliphatic heterocycles. The van der Waals surface area contributed by atoms with E-state index in [1.807, 2.05) is 59.5 Å². The number of rotatable bonds is 10. The topological polar surface area (TPSA) is 112 Å². The molecule has 10 heteroatoms. The highest BCUT2D eigenvalue weighted by Crippen LogP contribution is 2.25. The summed E-state index contributed by atoms with van der Waals surface area (Å²) < 4.78 is 24.9. The molecule has 46 heavy (non-hydrogen) atoms. The average Bonchev–Trinajstić information content (AvgIpc) is 3.08. The Morgan fingerprint density at radius 3 is 2.35 bits per heavy atom. The Kier molecular flexibility index (Phi) is 11.4. The molecule has 2 fully saturated rings. The van der Waals surface area contributed by atoms with Gasteiger partial charge in [-0.1, -0.05) is 54.6 Å². The summed E-state index contributed by atoms with van der Waals surface area (Å²) in [6.07, 6.45) is 2.83. The van der Waals surface area contributed by atoms with E-state index in [0.717, 1.165) is 61.5 Å². The summed E-state index contributed by atoms with van der Waals surface area (Å²) in [7, 11) is 0. The molecule has 3 aromatic rings. The number of benzene rings is 3. The summed E-state index contributed by atoms with van der Waals surface area (Å²) >= 11 is 0. The van der Waals surface area contributed by atoms with E-state index in [1.54, 1.807) is 6.07 Å². The number of carbonyl (C=O) groups excluding carboxylic acids is 3. The van der Waals surface area contributed by atoms with Gasteiger partial charge in [0.2, 0.25) is 5.91 Å². The van der Waals surface area contributed by atoms with Gasteiger partial charge in [0.1, 0.15) is 18.0 Å². The molecule has 2 aliphatic rings. The second-order valence-corrected chi connectivity index (χ2v) is 11.8. The molecule has 0 aromatic heterocycles. The van der Waals surface area contributed by atoms with Crippen molar-refractivity contribution >= 4 is 23.7 Å². The maximum Gasteiger partial charge on any atom is 0.411 e. The third-order valence-electron chi connectivity index (χ3n) is 8.66. The van der Waals surface area contributed by atoms with Crippen LogP contribution in [0.4, 0.5) is 14.9 Å². The number of hydrogen-bond donors (Lipinski definition) is 1. The van der Waals surface area contributed by atoms with Crippen LogP contribution in [0, 0.1) is 23.1 Å². The zero-order valence-corrected chi connectivity index (χ0v) is 25.8. The minimum Gasteiger partial charge on any atom is -0.462 e. The van der Waals surface area contributed by atoms with Gasteiger partial charge in [0.05, 0.1) is 18.6 Å². The fourth-order valence-corrected chi connectivity index (χ4v) is 6.00. The van der Waals surface area contributed by atoms with E-state index < -0.39 is 11.9 Å². The molecule has 1 N–H and O–H groups in total. The van der Waals surface area contributed by atoms with Gasteiger partial charge in [-0.05, 0) is 66.5 Å². The molecule has 240 valence electrons. The first kappa shape index (κ1) is 32.6. The first-order valence-electron chi connectivity index (χ1n) is 15.8. The maximum atomic E-state index is 13.7. The van der Waals surface area contributed by atoms with Crippen LogP contribution in [-0.4, -0.2) is 73.2 Å². The molecule has 2 saturated heterocycles. The molecule has 0 bridgehead atoms. The molecule has 0 atom stereocenters. The highest BCUT2D eigenvalue weighted by Gasteiger charge is 2.26. The molecule has 3 aromatic carbocycles. The van der Waals surface area contributed by atoms with Gasteiger partial charge >= 0.3 is 12.1 Å². The van der Waals surface area contributed by atoms with Crippen LogP contribution in [0.5, 0.6) is 0 Å². The van der Waals surface area contributed by atoms with Crippen LogP contribution in [0.1, 0.15) is 43.2 Å². The number of nitriles is 1. The largest absolute Gasteiger partial charge is 0.462 e. The summed E-state index contributed by atoms with van der Waals surface area (Å²) in [5, 5.41) is 11.3. The summed E-state index contributed by atoms with van der Waals surface area (Å²) in [5.74, 6) is -0.667. The first-order chi connectivity index (χ1) is 22.4. The number of amides is 2. The summed E-state index contributed by atoms with van der Waals surface area (Å²) in [4.78, 5) is 41.9. The Morgan fingerprint density at radius 2 is 1.63 bits per heavy atom. The quantitative estimate of drug-likeness (QED) is 0.284. The highest BCUT2D eigenvalue weighted by atomic mass is 19.1. The normalized spacial score (nSPS) is 16.0. The lowest BCUT2D eigenvalue weighted by Gasteiger charge is -2.34. The monoisotopic (exact) mass is 626 g/mol. The van der Waals surface area contributed by atoms with E-state index >= 15 is 0 Å². The van der Waals surface area contributed by atoms with Gasteiger partial charge in [-0.25, -0.2) is 9.18 Å². The number of halogens is 1. The second kappa shape index (κ2) is 16.0. The number of anilines is 1. The van der Waals surface area contributed by atoms with Crippen LogP contribution in [-0.2, 0) is 25.5 Å². The van der Waals surface area contributed by atoms with Crippen LogP contribution in [0.15, 0.2) is 72.8 Å². The molecule has 2 heterocycles. The molecule has 9 nitrogen and oxygen atoms in total. The molecule has 0 aliphatic carbocycles. The van der Waals surface area contributed by atoms with E-state index in [0.29, 0.717) is 26.1 Å². The van der Waals surface area contributed by atoms with Gasteiger partial charge in [0.15, 0.2) is 0 Å². The van der Waals surface area contributed by atoms with Crippen LogP contribution in [0.2, 0.25) is 0 Å². The lowest BCUT2D eigenvalue weighted by molar-refractivity contribution is -0.150. The van der Waals surface area contributed by atoms with Gasteiger partial charge in [-0.3, -0.25) is 14.9 Å². The Balaban J connectivity index is 0.956. The van der Waals surface area contributed by atoms with Crippen LogP contribution in [0.25, 0.3) is 11.1 Å². The molecular formula is C36H39FN4O5. The van der Waals surface area contributed by atoms with Gasteiger partial charge in [0, 0.05) is 44.8 Å². The molecule has 0 saturated carbocycles. The number of nitrogens with one attached hydrogen (secondary N) is 1. The van der Waals surface area contributed by atoms with Crippen molar-refractivity contribution in [1.82, 2.24) is 9.80 Å². The van der Waals surface area contributed by atoms with Crippen LogP contribution >= 0.6 is 0 Å². The summed E-state index contributed by atoms with van der Waals surface area (Å²) in [6.45, 7) is 3.67. The fourth-order valence-electron chi connectivity index (χ4n) is 6.00. The zero-order valence-electron chi connectivity index (χ0n) is 25.8. The van der Waals surface area contributed by atoms with Gasteiger partial charge in [-0.2, -0.15) is 5.26 Å². The number of likely N-dealkylation sites (tertiary alicyclic amines) is 2. The Hall–Kier alpha value is -4.75. The lowest BCUT2D eigenvalue weighted by atomic mass is 9.97. The average molecular weight is 627 g/mol. The van der Waals surface area contributed by atoms with Crippen LogP contribution < -0.4 is 5.32 Å². The number of hydrogen-bond acceptors (Lipinski definition) is 7. The third kappa shape index (κ3) is 9.14. The predicted molar refractivity (Wildman–Crippen MR) is 171 cm³/mol. The molecule has 0 radical (unpaired) electrons. The van der Waals surface area contributed by atoms with Gasteiger partial charge in [0.25, 0.3) is 0 Å². The van der Waals surface area contributed by atoms with Crippen molar-refractivity contribution in [2.75, 3.05) is 44.6 Å². The standard InChI is InChI=1S/C36H39FN4O5/c37-33-23-30(11-10-29(33)24-38)39-36(44)45-25-26-12-20-41(21-13-26)34(42)16-19-40-17-14-31(15-18-40)46-35(43)22-28-8-4-5-9-32(28)27-6-2-1-3-7-27/h1-11,23,26,31H,12-22,25H2,(H,39,44). The number of ether oxygens (including phenoxy) is 2. The highest BCUT2D eigenvalue weighted by molar-refractivity contribution is 5.84. The summed E-state index contributed by atoms with van der Waals surface area (Å²) in [6, 6.07) is 23.5. The predicted octanol–water partition coefficient (Wildman–Crippen LogP) is 5.79. The number of piperidine rings is 2. The van der Waals surface area contributed by atoms with E-state index in [-0.39, 0.29) is 48.2 Å². The van der Waals surface area contributed by atoms with E-state index in [9.17, 15) is 18.8 Å². The fraction of sp³-hybridized carbons (Fsp3) is 0.389. The minimum atomic E-state index is -0.708. The first-order valence-corrected chi connectivity index (χ1v) is 15.8. The summed E-state index contributed by atoms with van der Waals surface area (Å²) in [5.41, 5.74) is 3.19. The van der Waals surface area contributed by atoms with Gasteiger partial charge < -0.3 is 19.3 Å². The van der Waals surface area contributed by atoms with Crippen molar-refractivity contribution in [2.45, 2.75) is 44.6 Å². The zero-order chi connectivity index (χ0) is 32.3. The van der Waals surface area contributed by atoms with Crippen molar-refractivity contribution in [3.05, 3.63) is 89.7 Å². The smallest absolute Gasteiger partial charge is 0.411 e. The van der Waals surface area contributed by atoms with Crippen molar-refractivity contribution < 1.29 is 28.2 Å². The number of carbonyl (C=O) groups is 3.